The summed E-state index contributed by atoms with van der Waals surface area (Å²) >= 11 is 0. The van der Waals surface area contributed by atoms with Crippen LogP contribution in [0, 0.1) is 0 Å². The molecule has 2 rings (SSSR count). The Morgan fingerprint density at radius 3 is 2.50 bits per heavy atom. The Balaban J connectivity index is 2.36. The molecule has 1 aromatic carbocycles. The minimum absolute atomic E-state index is 0.0168. The van der Waals surface area contributed by atoms with Gasteiger partial charge in [-0.15, -0.1) is 0 Å². The van der Waals surface area contributed by atoms with E-state index in [-0.39, 0.29) is 13.2 Å². The number of aromatic nitrogens is 2. The molecular formula is C12H14N2O2. The van der Waals surface area contributed by atoms with E-state index in [1.165, 1.54) is 0 Å². The van der Waals surface area contributed by atoms with Crippen LogP contribution >= 0.6 is 0 Å². The smallest absolute Gasteiger partial charge is 0.0926 e. The molecule has 0 aliphatic heterocycles. The van der Waals surface area contributed by atoms with Gasteiger partial charge in [0.2, 0.25) is 0 Å². The monoisotopic (exact) mass is 218 g/mol. The van der Waals surface area contributed by atoms with Gasteiger partial charge in [0, 0.05) is 5.56 Å². The van der Waals surface area contributed by atoms with E-state index in [4.69, 9.17) is 10.2 Å². The topological polar surface area (TPSA) is 58.3 Å². The highest BCUT2D eigenvalue weighted by Crippen LogP contribution is 2.18. The highest BCUT2D eigenvalue weighted by atomic mass is 16.3. The van der Waals surface area contributed by atoms with Crippen molar-refractivity contribution in [2.45, 2.75) is 13.2 Å². The van der Waals surface area contributed by atoms with Crippen molar-refractivity contribution in [3.05, 3.63) is 42.1 Å². The van der Waals surface area contributed by atoms with Crippen LogP contribution in [0.15, 0.2) is 36.4 Å². The van der Waals surface area contributed by atoms with E-state index >= 15 is 0 Å². The molecule has 2 aromatic rings. The lowest BCUT2D eigenvalue weighted by molar-refractivity contribution is 0.244. The molecule has 0 bridgehead atoms. The Morgan fingerprint density at radius 1 is 1.12 bits per heavy atom. The van der Waals surface area contributed by atoms with Crippen molar-refractivity contribution < 1.29 is 10.2 Å². The van der Waals surface area contributed by atoms with Crippen molar-refractivity contribution in [3.63, 3.8) is 0 Å². The van der Waals surface area contributed by atoms with E-state index in [1.807, 2.05) is 36.4 Å². The molecule has 4 heteroatoms. The third-order valence-corrected chi connectivity index (χ3v) is 2.41. The van der Waals surface area contributed by atoms with Crippen molar-refractivity contribution in [2.75, 3.05) is 6.61 Å². The average Bonchev–Trinajstić information content (AvgIpc) is 2.74. The number of benzene rings is 1. The van der Waals surface area contributed by atoms with Gasteiger partial charge in [0.1, 0.15) is 0 Å². The summed E-state index contributed by atoms with van der Waals surface area (Å²) in [7, 11) is 0. The molecule has 0 spiro atoms. The minimum atomic E-state index is -0.0696. The maximum Gasteiger partial charge on any atom is 0.0926 e. The summed E-state index contributed by atoms with van der Waals surface area (Å²) in [5, 5.41) is 22.4. The molecule has 0 amide bonds. The van der Waals surface area contributed by atoms with Crippen LogP contribution in [0.25, 0.3) is 11.3 Å². The van der Waals surface area contributed by atoms with E-state index in [9.17, 15) is 0 Å². The van der Waals surface area contributed by atoms with Gasteiger partial charge in [-0.25, -0.2) is 0 Å². The normalized spacial score (nSPS) is 10.6. The summed E-state index contributed by atoms with van der Waals surface area (Å²) in [6, 6.07) is 11.6. The predicted molar refractivity (Wildman–Crippen MR) is 60.7 cm³/mol. The molecule has 0 unspecified atom stereocenters. The molecule has 1 aromatic heterocycles. The Kier molecular flexibility index (Phi) is 3.34. The molecule has 0 saturated carbocycles. The first-order valence-corrected chi connectivity index (χ1v) is 5.19. The van der Waals surface area contributed by atoms with Gasteiger partial charge in [-0.05, 0) is 6.07 Å². The fourth-order valence-corrected chi connectivity index (χ4v) is 1.62. The van der Waals surface area contributed by atoms with Crippen molar-refractivity contribution in [1.29, 1.82) is 0 Å². The quantitative estimate of drug-likeness (QED) is 0.806. The first-order chi connectivity index (χ1) is 7.85. The van der Waals surface area contributed by atoms with E-state index in [2.05, 4.69) is 5.10 Å². The summed E-state index contributed by atoms with van der Waals surface area (Å²) in [5.41, 5.74) is 2.54. The summed E-state index contributed by atoms with van der Waals surface area (Å²) < 4.78 is 1.63. The van der Waals surface area contributed by atoms with Gasteiger partial charge in [0.15, 0.2) is 0 Å². The fourth-order valence-electron chi connectivity index (χ4n) is 1.62. The van der Waals surface area contributed by atoms with E-state index in [0.29, 0.717) is 12.2 Å². The number of hydrogen-bond acceptors (Lipinski definition) is 3. The Bertz CT molecular complexity index is 451. The molecule has 0 aliphatic carbocycles. The second-order valence-electron chi connectivity index (χ2n) is 3.49. The van der Waals surface area contributed by atoms with Gasteiger partial charge in [0.05, 0.1) is 31.1 Å². The van der Waals surface area contributed by atoms with Gasteiger partial charge in [-0.3, -0.25) is 4.68 Å². The fraction of sp³-hybridized carbons (Fsp3) is 0.250. The van der Waals surface area contributed by atoms with Gasteiger partial charge >= 0.3 is 0 Å². The maximum atomic E-state index is 9.16. The van der Waals surface area contributed by atoms with Crippen molar-refractivity contribution in [3.8, 4) is 11.3 Å². The van der Waals surface area contributed by atoms with E-state index < -0.39 is 0 Å². The number of rotatable bonds is 4. The van der Waals surface area contributed by atoms with Crippen LogP contribution in [-0.2, 0) is 13.2 Å². The Morgan fingerprint density at radius 2 is 1.88 bits per heavy atom. The number of hydrogen-bond donors (Lipinski definition) is 2. The number of aliphatic hydroxyl groups is 2. The van der Waals surface area contributed by atoms with Crippen LogP contribution in [0.5, 0.6) is 0 Å². The van der Waals surface area contributed by atoms with Gasteiger partial charge in [0.25, 0.3) is 0 Å². The van der Waals surface area contributed by atoms with Gasteiger partial charge in [-0.1, -0.05) is 30.3 Å². The van der Waals surface area contributed by atoms with Crippen LogP contribution < -0.4 is 0 Å². The second kappa shape index (κ2) is 4.92. The van der Waals surface area contributed by atoms with Crippen LogP contribution in [0.3, 0.4) is 0 Å². The van der Waals surface area contributed by atoms with Gasteiger partial charge in [-0.2, -0.15) is 5.10 Å². The summed E-state index contributed by atoms with van der Waals surface area (Å²) in [4.78, 5) is 0. The van der Waals surface area contributed by atoms with Gasteiger partial charge < -0.3 is 10.2 Å². The molecule has 84 valence electrons. The lowest BCUT2D eigenvalue weighted by Crippen LogP contribution is -2.07. The lowest BCUT2D eigenvalue weighted by atomic mass is 10.1. The maximum absolute atomic E-state index is 9.16. The SMILES string of the molecule is OCCn1nc(-c2ccccc2)cc1CO. The molecule has 0 saturated heterocycles. The minimum Gasteiger partial charge on any atom is -0.394 e. The molecule has 1 heterocycles. The first-order valence-electron chi connectivity index (χ1n) is 5.19. The van der Waals surface area contributed by atoms with Crippen molar-refractivity contribution >= 4 is 0 Å². The lowest BCUT2D eigenvalue weighted by Gasteiger charge is -2.01. The van der Waals surface area contributed by atoms with Crippen LogP contribution in [0.4, 0.5) is 0 Å². The average molecular weight is 218 g/mol. The highest BCUT2D eigenvalue weighted by molar-refractivity contribution is 5.59. The Labute approximate surface area is 93.8 Å². The molecule has 0 aliphatic rings. The molecular weight excluding hydrogens is 204 g/mol. The molecule has 16 heavy (non-hydrogen) atoms. The third-order valence-electron chi connectivity index (χ3n) is 2.41. The van der Waals surface area contributed by atoms with E-state index in [1.54, 1.807) is 4.68 Å². The standard InChI is InChI=1S/C12H14N2O2/c15-7-6-14-11(9-16)8-12(13-14)10-4-2-1-3-5-10/h1-5,8,15-16H,6-7,9H2. The van der Waals surface area contributed by atoms with Crippen LogP contribution in [0.2, 0.25) is 0 Å². The molecule has 4 nitrogen and oxygen atoms in total. The first kappa shape index (κ1) is 10.9. The largest absolute Gasteiger partial charge is 0.394 e. The summed E-state index contributed by atoms with van der Waals surface area (Å²) in [5.74, 6) is 0. The van der Waals surface area contributed by atoms with Crippen molar-refractivity contribution in [1.82, 2.24) is 9.78 Å². The molecule has 2 N–H and O–H groups in total. The molecule has 0 atom stereocenters. The summed E-state index contributed by atoms with van der Waals surface area (Å²) in [6.45, 7) is 0.353. The van der Waals surface area contributed by atoms with E-state index in [0.717, 1.165) is 11.3 Å². The highest BCUT2D eigenvalue weighted by Gasteiger charge is 2.07. The Hall–Kier alpha value is -1.65. The summed E-state index contributed by atoms with van der Waals surface area (Å²) in [6.07, 6.45) is 0. The zero-order chi connectivity index (χ0) is 11.4. The zero-order valence-electron chi connectivity index (χ0n) is 8.87. The molecule has 0 fully saturated rings. The predicted octanol–water partition coefficient (Wildman–Crippen LogP) is 1.03. The van der Waals surface area contributed by atoms with Crippen molar-refractivity contribution in [2.24, 2.45) is 0 Å². The number of aliphatic hydroxyl groups excluding tert-OH is 2. The molecule has 0 radical (unpaired) electrons. The van der Waals surface area contributed by atoms with Crippen LogP contribution in [0.1, 0.15) is 5.69 Å². The number of nitrogens with zero attached hydrogens (tertiary/aromatic N) is 2. The second-order valence-corrected chi connectivity index (χ2v) is 3.49. The van der Waals surface area contributed by atoms with Crippen LogP contribution in [-0.4, -0.2) is 26.6 Å². The zero-order valence-corrected chi connectivity index (χ0v) is 8.87. The third kappa shape index (κ3) is 2.13.